The second-order valence-corrected chi connectivity index (χ2v) is 6.17. The Bertz CT molecular complexity index is 981. The second kappa shape index (κ2) is 7.87. The summed E-state index contributed by atoms with van der Waals surface area (Å²) < 4.78 is 16.0. The van der Waals surface area contributed by atoms with Crippen molar-refractivity contribution in [1.29, 1.82) is 0 Å². The van der Waals surface area contributed by atoms with Gasteiger partial charge in [-0.25, -0.2) is 0 Å². The lowest BCUT2D eigenvalue weighted by molar-refractivity contribution is 0.0948. The number of amides is 2. The quantitative estimate of drug-likeness (QED) is 0.711. The Hall–Kier alpha value is -3.74. The Morgan fingerprint density at radius 2 is 1.68 bits per heavy atom. The molecule has 142 valence electrons. The van der Waals surface area contributed by atoms with Crippen LogP contribution in [0.3, 0.4) is 0 Å². The fraction of sp³-hybridized carbons (Fsp3) is 0.143. The average Bonchev–Trinajstić information content (AvgIpc) is 3.28. The first-order valence-corrected chi connectivity index (χ1v) is 8.81. The molecule has 2 aromatic carbocycles. The van der Waals surface area contributed by atoms with Crippen molar-refractivity contribution >= 4 is 17.5 Å². The van der Waals surface area contributed by atoms with Gasteiger partial charge in [-0.3, -0.25) is 9.59 Å². The smallest absolute Gasteiger partial charge is 0.291 e. The molecule has 0 spiro atoms. The van der Waals surface area contributed by atoms with E-state index in [4.69, 9.17) is 13.9 Å². The number of ether oxygens (including phenoxy) is 2. The Kier molecular flexibility index (Phi) is 4.97. The topological polar surface area (TPSA) is 89.8 Å². The molecule has 0 bridgehead atoms. The number of benzene rings is 2. The number of furan rings is 1. The molecule has 0 saturated heterocycles. The molecule has 0 saturated carbocycles. The maximum absolute atomic E-state index is 12.4. The minimum Gasteiger partial charge on any atom is -0.486 e. The van der Waals surface area contributed by atoms with Crippen molar-refractivity contribution < 1.29 is 23.5 Å². The third-order valence-electron chi connectivity index (χ3n) is 4.21. The lowest BCUT2D eigenvalue weighted by Gasteiger charge is -2.18. The minimum absolute atomic E-state index is 0.202. The molecular formula is C21H18N2O5. The van der Waals surface area contributed by atoms with Crippen molar-refractivity contribution in [2.45, 2.75) is 6.54 Å². The molecule has 7 heteroatoms. The molecule has 4 rings (SSSR count). The van der Waals surface area contributed by atoms with Gasteiger partial charge < -0.3 is 24.5 Å². The minimum atomic E-state index is -0.315. The van der Waals surface area contributed by atoms with Crippen molar-refractivity contribution in [2.75, 3.05) is 18.5 Å². The number of nitrogens with one attached hydrogen (secondary N) is 2. The lowest BCUT2D eigenvalue weighted by atomic mass is 10.1. The van der Waals surface area contributed by atoms with Crippen LogP contribution >= 0.6 is 0 Å². The van der Waals surface area contributed by atoms with E-state index in [-0.39, 0.29) is 17.6 Å². The van der Waals surface area contributed by atoms with Crippen LogP contribution in [0.15, 0.2) is 65.3 Å². The second-order valence-electron chi connectivity index (χ2n) is 6.17. The molecule has 0 aliphatic carbocycles. The number of carbonyl (C=O) groups is 2. The predicted molar refractivity (Wildman–Crippen MR) is 102 cm³/mol. The molecule has 1 aromatic heterocycles. The van der Waals surface area contributed by atoms with E-state index in [1.54, 1.807) is 42.5 Å². The van der Waals surface area contributed by atoms with E-state index in [0.717, 1.165) is 5.56 Å². The summed E-state index contributed by atoms with van der Waals surface area (Å²) in [5.74, 6) is 0.957. The standard InChI is InChI=1S/C21H18N2O5/c24-20(15-5-8-17-19(12-15)28-11-10-27-17)22-13-14-3-6-16(7-4-14)23-21(25)18-2-1-9-26-18/h1-9,12H,10-11,13H2,(H,22,24)(H,23,25). The zero-order valence-corrected chi connectivity index (χ0v) is 14.9. The number of carbonyl (C=O) groups excluding carboxylic acids is 2. The number of hydrogen-bond acceptors (Lipinski definition) is 5. The van der Waals surface area contributed by atoms with Gasteiger partial charge in [0.1, 0.15) is 13.2 Å². The maximum atomic E-state index is 12.4. The van der Waals surface area contributed by atoms with E-state index >= 15 is 0 Å². The van der Waals surface area contributed by atoms with Gasteiger partial charge >= 0.3 is 0 Å². The fourth-order valence-corrected chi connectivity index (χ4v) is 2.78. The van der Waals surface area contributed by atoms with Gasteiger partial charge in [-0.05, 0) is 48.0 Å². The third-order valence-corrected chi connectivity index (χ3v) is 4.21. The molecule has 7 nitrogen and oxygen atoms in total. The fourth-order valence-electron chi connectivity index (χ4n) is 2.78. The predicted octanol–water partition coefficient (Wildman–Crippen LogP) is 3.23. The van der Waals surface area contributed by atoms with E-state index in [9.17, 15) is 9.59 Å². The average molecular weight is 378 g/mol. The summed E-state index contributed by atoms with van der Waals surface area (Å²) in [6, 6.07) is 15.6. The first kappa shape index (κ1) is 17.7. The van der Waals surface area contributed by atoms with Crippen LogP contribution in [-0.2, 0) is 6.54 Å². The summed E-state index contributed by atoms with van der Waals surface area (Å²) in [5, 5.41) is 5.61. The summed E-state index contributed by atoms with van der Waals surface area (Å²) in [7, 11) is 0. The Labute approximate surface area is 161 Å². The Morgan fingerprint density at radius 3 is 2.43 bits per heavy atom. The molecule has 1 aliphatic rings. The lowest BCUT2D eigenvalue weighted by Crippen LogP contribution is -2.23. The zero-order chi connectivity index (χ0) is 19.3. The number of rotatable bonds is 5. The SMILES string of the molecule is O=C(NCc1ccc(NC(=O)c2ccco2)cc1)c1ccc2c(c1)OCCO2. The third kappa shape index (κ3) is 3.98. The molecule has 0 fully saturated rings. The van der Waals surface area contributed by atoms with Crippen LogP contribution in [0.1, 0.15) is 26.5 Å². The van der Waals surface area contributed by atoms with Gasteiger partial charge in [-0.1, -0.05) is 12.1 Å². The van der Waals surface area contributed by atoms with Crippen LogP contribution < -0.4 is 20.1 Å². The van der Waals surface area contributed by atoms with E-state index in [1.807, 2.05) is 12.1 Å². The highest BCUT2D eigenvalue weighted by Gasteiger charge is 2.15. The van der Waals surface area contributed by atoms with Crippen molar-refractivity contribution in [3.63, 3.8) is 0 Å². The zero-order valence-electron chi connectivity index (χ0n) is 14.9. The summed E-state index contributed by atoms with van der Waals surface area (Å²) in [6.07, 6.45) is 1.45. The number of fused-ring (bicyclic) bond motifs is 1. The molecule has 0 unspecified atom stereocenters. The van der Waals surface area contributed by atoms with Gasteiger partial charge in [-0.2, -0.15) is 0 Å². The normalized spacial score (nSPS) is 12.3. The highest BCUT2D eigenvalue weighted by Crippen LogP contribution is 2.30. The highest BCUT2D eigenvalue weighted by atomic mass is 16.6. The van der Waals surface area contributed by atoms with Crippen LogP contribution in [-0.4, -0.2) is 25.0 Å². The van der Waals surface area contributed by atoms with E-state index in [0.29, 0.717) is 42.5 Å². The van der Waals surface area contributed by atoms with E-state index < -0.39 is 0 Å². The molecular weight excluding hydrogens is 360 g/mol. The van der Waals surface area contributed by atoms with E-state index in [2.05, 4.69) is 10.6 Å². The van der Waals surface area contributed by atoms with Crippen LogP contribution in [0.4, 0.5) is 5.69 Å². The van der Waals surface area contributed by atoms with Gasteiger partial charge in [0.15, 0.2) is 17.3 Å². The number of anilines is 1. The van der Waals surface area contributed by atoms with Gasteiger partial charge in [0.05, 0.1) is 6.26 Å². The summed E-state index contributed by atoms with van der Waals surface area (Å²) in [4.78, 5) is 24.3. The molecule has 1 aliphatic heterocycles. The summed E-state index contributed by atoms with van der Waals surface area (Å²) >= 11 is 0. The van der Waals surface area contributed by atoms with Crippen LogP contribution in [0.5, 0.6) is 11.5 Å². The van der Waals surface area contributed by atoms with Crippen molar-refractivity contribution in [3.05, 3.63) is 77.7 Å². The Morgan fingerprint density at radius 1 is 0.893 bits per heavy atom. The van der Waals surface area contributed by atoms with Crippen molar-refractivity contribution in [1.82, 2.24) is 5.32 Å². The van der Waals surface area contributed by atoms with Crippen molar-refractivity contribution in [2.24, 2.45) is 0 Å². The molecule has 3 aromatic rings. The first-order chi connectivity index (χ1) is 13.7. The monoisotopic (exact) mass is 378 g/mol. The van der Waals surface area contributed by atoms with Crippen LogP contribution in [0.25, 0.3) is 0 Å². The Balaban J connectivity index is 1.33. The van der Waals surface area contributed by atoms with Gasteiger partial charge in [0.25, 0.3) is 11.8 Å². The van der Waals surface area contributed by atoms with Crippen LogP contribution in [0, 0.1) is 0 Å². The van der Waals surface area contributed by atoms with Crippen molar-refractivity contribution in [3.8, 4) is 11.5 Å². The maximum Gasteiger partial charge on any atom is 0.291 e. The first-order valence-electron chi connectivity index (χ1n) is 8.81. The molecule has 0 atom stereocenters. The highest BCUT2D eigenvalue weighted by molar-refractivity contribution is 6.02. The summed E-state index contributed by atoms with van der Waals surface area (Å²) in [5.41, 5.74) is 2.05. The largest absolute Gasteiger partial charge is 0.486 e. The summed E-state index contributed by atoms with van der Waals surface area (Å²) in [6.45, 7) is 1.34. The molecule has 2 N–H and O–H groups in total. The van der Waals surface area contributed by atoms with Gasteiger partial charge in [0, 0.05) is 17.8 Å². The van der Waals surface area contributed by atoms with Gasteiger partial charge in [0.2, 0.25) is 0 Å². The number of hydrogen-bond donors (Lipinski definition) is 2. The molecule has 2 heterocycles. The molecule has 28 heavy (non-hydrogen) atoms. The van der Waals surface area contributed by atoms with Gasteiger partial charge in [-0.15, -0.1) is 0 Å². The molecule has 0 radical (unpaired) electrons. The van der Waals surface area contributed by atoms with E-state index in [1.165, 1.54) is 6.26 Å². The molecule has 2 amide bonds. The van der Waals surface area contributed by atoms with Crippen LogP contribution in [0.2, 0.25) is 0 Å².